The summed E-state index contributed by atoms with van der Waals surface area (Å²) in [6.45, 7) is 5.49. The number of halogens is 1. The van der Waals surface area contributed by atoms with Gasteiger partial charge in [0.1, 0.15) is 0 Å². The Morgan fingerprint density at radius 3 is 2.72 bits per heavy atom. The molecule has 100 valence electrons. The van der Waals surface area contributed by atoms with E-state index >= 15 is 0 Å². The average molecular weight is 311 g/mol. The molecule has 0 aliphatic heterocycles. The van der Waals surface area contributed by atoms with Crippen LogP contribution in [-0.2, 0) is 13.1 Å². The first-order chi connectivity index (χ1) is 8.74. The molecule has 1 fully saturated rings. The van der Waals surface area contributed by atoms with Gasteiger partial charge in [-0.25, -0.2) is 0 Å². The van der Waals surface area contributed by atoms with Gasteiger partial charge in [-0.3, -0.25) is 4.90 Å². The molecule has 1 N–H and O–H groups in total. The minimum atomic E-state index is 0.842. The highest BCUT2D eigenvalue weighted by molar-refractivity contribution is 9.10. The predicted molar refractivity (Wildman–Crippen MR) is 80.6 cm³/mol. The van der Waals surface area contributed by atoms with Crippen LogP contribution in [0.5, 0.6) is 0 Å². The van der Waals surface area contributed by atoms with Crippen molar-refractivity contribution in [1.29, 1.82) is 0 Å². The van der Waals surface area contributed by atoms with Crippen molar-refractivity contribution >= 4 is 15.9 Å². The molecule has 0 bridgehead atoms. The SMILES string of the molecule is CCCN(Cc1ccc(CNC)cc1Br)C1CC1. The van der Waals surface area contributed by atoms with Crippen molar-refractivity contribution in [1.82, 2.24) is 10.2 Å². The van der Waals surface area contributed by atoms with E-state index in [0.29, 0.717) is 0 Å². The molecule has 0 heterocycles. The van der Waals surface area contributed by atoms with Crippen molar-refractivity contribution in [2.45, 2.75) is 45.3 Å². The second-order valence-electron chi connectivity index (χ2n) is 5.16. The fourth-order valence-electron chi connectivity index (χ4n) is 2.37. The van der Waals surface area contributed by atoms with Crippen molar-refractivity contribution in [2.24, 2.45) is 0 Å². The first-order valence-electron chi connectivity index (χ1n) is 6.90. The van der Waals surface area contributed by atoms with Gasteiger partial charge in [0, 0.05) is 23.6 Å². The summed E-state index contributed by atoms with van der Waals surface area (Å²) >= 11 is 3.71. The minimum absolute atomic E-state index is 0.842. The van der Waals surface area contributed by atoms with E-state index in [1.54, 1.807) is 0 Å². The number of nitrogens with one attached hydrogen (secondary N) is 1. The van der Waals surface area contributed by atoms with Crippen LogP contribution >= 0.6 is 15.9 Å². The molecular weight excluding hydrogens is 288 g/mol. The maximum Gasteiger partial charge on any atom is 0.0247 e. The van der Waals surface area contributed by atoms with E-state index in [4.69, 9.17) is 0 Å². The van der Waals surface area contributed by atoms with E-state index in [0.717, 1.165) is 19.1 Å². The lowest BCUT2D eigenvalue weighted by Crippen LogP contribution is -2.26. The van der Waals surface area contributed by atoms with E-state index in [-0.39, 0.29) is 0 Å². The minimum Gasteiger partial charge on any atom is -0.316 e. The number of hydrogen-bond acceptors (Lipinski definition) is 2. The van der Waals surface area contributed by atoms with Crippen molar-refractivity contribution in [3.05, 3.63) is 33.8 Å². The summed E-state index contributed by atoms with van der Waals surface area (Å²) in [6.07, 6.45) is 4.01. The van der Waals surface area contributed by atoms with Crippen LogP contribution in [0.25, 0.3) is 0 Å². The van der Waals surface area contributed by atoms with E-state index in [1.807, 2.05) is 7.05 Å². The molecule has 0 spiro atoms. The highest BCUT2D eigenvalue weighted by Crippen LogP contribution is 2.30. The van der Waals surface area contributed by atoms with Crippen LogP contribution in [0.15, 0.2) is 22.7 Å². The lowest BCUT2D eigenvalue weighted by Gasteiger charge is -2.22. The zero-order valence-corrected chi connectivity index (χ0v) is 13.0. The Morgan fingerprint density at radius 1 is 1.39 bits per heavy atom. The van der Waals surface area contributed by atoms with Crippen LogP contribution in [0.3, 0.4) is 0 Å². The second-order valence-corrected chi connectivity index (χ2v) is 6.01. The summed E-state index contributed by atoms with van der Waals surface area (Å²) in [5.74, 6) is 0. The molecular formula is C15H23BrN2. The smallest absolute Gasteiger partial charge is 0.0247 e. The Bertz CT molecular complexity index is 388. The van der Waals surface area contributed by atoms with Crippen LogP contribution in [0.1, 0.15) is 37.3 Å². The van der Waals surface area contributed by atoms with Gasteiger partial charge in [0.25, 0.3) is 0 Å². The molecule has 1 aromatic carbocycles. The monoisotopic (exact) mass is 310 g/mol. The number of rotatable bonds is 7. The summed E-state index contributed by atoms with van der Waals surface area (Å²) in [7, 11) is 1.98. The number of nitrogens with zero attached hydrogens (tertiary/aromatic N) is 1. The highest BCUT2D eigenvalue weighted by atomic mass is 79.9. The van der Waals surface area contributed by atoms with E-state index < -0.39 is 0 Å². The second kappa shape index (κ2) is 6.69. The maximum atomic E-state index is 3.71. The third-order valence-electron chi connectivity index (χ3n) is 3.45. The van der Waals surface area contributed by atoms with Crippen LogP contribution in [0.2, 0.25) is 0 Å². The Kier molecular flexibility index (Phi) is 5.22. The molecule has 3 heteroatoms. The summed E-state index contributed by atoms with van der Waals surface area (Å²) in [5.41, 5.74) is 2.75. The molecule has 0 unspecified atom stereocenters. The largest absolute Gasteiger partial charge is 0.316 e. The topological polar surface area (TPSA) is 15.3 Å². The van der Waals surface area contributed by atoms with Gasteiger partial charge in [0.05, 0.1) is 0 Å². The molecule has 0 amide bonds. The molecule has 1 saturated carbocycles. The van der Waals surface area contributed by atoms with Crippen molar-refractivity contribution in [3.8, 4) is 0 Å². The molecule has 0 radical (unpaired) electrons. The highest BCUT2D eigenvalue weighted by Gasteiger charge is 2.28. The summed E-state index contributed by atoms with van der Waals surface area (Å²) < 4.78 is 1.25. The van der Waals surface area contributed by atoms with Crippen LogP contribution in [-0.4, -0.2) is 24.5 Å². The summed E-state index contributed by atoms with van der Waals surface area (Å²) in [4.78, 5) is 2.62. The van der Waals surface area contributed by atoms with Gasteiger partial charge in [-0.1, -0.05) is 35.0 Å². The molecule has 2 nitrogen and oxygen atoms in total. The Morgan fingerprint density at radius 2 is 2.17 bits per heavy atom. The number of benzene rings is 1. The van der Waals surface area contributed by atoms with E-state index in [9.17, 15) is 0 Å². The lowest BCUT2D eigenvalue weighted by atomic mass is 10.1. The summed E-state index contributed by atoms with van der Waals surface area (Å²) in [6, 6.07) is 7.58. The molecule has 0 saturated heterocycles. The van der Waals surface area contributed by atoms with Crippen molar-refractivity contribution in [2.75, 3.05) is 13.6 Å². The van der Waals surface area contributed by atoms with Crippen molar-refractivity contribution in [3.63, 3.8) is 0 Å². The van der Waals surface area contributed by atoms with Crippen LogP contribution in [0, 0.1) is 0 Å². The molecule has 0 aromatic heterocycles. The standard InChI is InChI=1S/C15H23BrN2/c1-3-8-18(14-6-7-14)11-13-5-4-12(10-17-2)9-15(13)16/h4-5,9,14,17H,3,6-8,10-11H2,1-2H3. The Hall–Kier alpha value is -0.380. The van der Waals surface area contributed by atoms with E-state index in [1.165, 1.54) is 41.4 Å². The van der Waals surface area contributed by atoms with Crippen LogP contribution < -0.4 is 5.32 Å². The quantitative estimate of drug-likeness (QED) is 0.828. The fourth-order valence-corrected chi connectivity index (χ4v) is 2.92. The normalized spacial score (nSPS) is 15.3. The number of hydrogen-bond donors (Lipinski definition) is 1. The zero-order valence-electron chi connectivity index (χ0n) is 11.4. The average Bonchev–Trinajstić information content (AvgIpc) is 3.16. The molecule has 1 aromatic rings. The molecule has 0 atom stereocenters. The zero-order chi connectivity index (χ0) is 13.0. The summed E-state index contributed by atoms with van der Waals surface area (Å²) in [5, 5.41) is 3.19. The van der Waals surface area contributed by atoms with Gasteiger partial charge in [0.15, 0.2) is 0 Å². The van der Waals surface area contributed by atoms with Gasteiger partial charge in [-0.15, -0.1) is 0 Å². The van der Waals surface area contributed by atoms with Crippen LogP contribution in [0.4, 0.5) is 0 Å². The maximum absolute atomic E-state index is 3.71. The molecule has 18 heavy (non-hydrogen) atoms. The molecule has 1 aliphatic carbocycles. The third kappa shape index (κ3) is 3.81. The van der Waals surface area contributed by atoms with Gasteiger partial charge < -0.3 is 5.32 Å². The van der Waals surface area contributed by atoms with Gasteiger partial charge in [-0.2, -0.15) is 0 Å². The Balaban J connectivity index is 2.03. The molecule has 2 rings (SSSR count). The van der Waals surface area contributed by atoms with Gasteiger partial charge in [-0.05, 0) is 50.0 Å². The third-order valence-corrected chi connectivity index (χ3v) is 4.18. The fraction of sp³-hybridized carbons (Fsp3) is 0.600. The van der Waals surface area contributed by atoms with E-state index in [2.05, 4.69) is 51.3 Å². The molecule has 1 aliphatic rings. The van der Waals surface area contributed by atoms with Gasteiger partial charge in [0.2, 0.25) is 0 Å². The predicted octanol–water partition coefficient (Wildman–Crippen LogP) is 3.54. The van der Waals surface area contributed by atoms with Gasteiger partial charge >= 0.3 is 0 Å². The first kappa shape index (κ1) is 14.0. The Labute approximate surface area is 119 Å². The lowest BCUT2D eigenvalue weighted by molar-refractivity contribution is 0.255. The first-order valence-corrected chi connectivity index (χ1v) is 7.69. The van der Waals surface area contributed by atoms with Crippen molar-refractivity contribution < 1.29 is 0 Å².